The van der Waals surface area contributed by atoms with Gasteiger partial charge >= 0.3 is 12.4 Å². The first-order valence-corrected chi connectivity index (χ1v) is 14.8. The van der Waals surface area contributed by atoms with Crippen molar-refractivity contribution in [3.8, 4) is 0 Å². The third kappa shape index (κ3) is 6.76. The van der Waals surface area contributed by atoms with Crippen molar-refractivity contribution in [2.75, 3.05) is 13.1 Å². The lowest BCUT2D eigenvalue weighted by molar-refractivity contribution is -0.143. The molecule has 3 atom stereocenters. The van der Waals surface area contributed by atoms with Crippen LogP contribution in [0.25, 0.3) is 0 Å². The Morgan fingerprint density at radius 1 is 0.769 bits per heavy atom. The Balaban J connectivity index is 1.25. The van der Waals surface area contributed by atoms with Crippen molar-refractivity contribution < 1.29 is 31.1 Å². The van der Waals surface area contributed by atoms with Gasteiger partial charge in [0.15, 0.2) is 0 Å². The van der Waals surface area contributed by atoms with Gasteiger partial charge in [0.2, 0.25) is 5.91 Å². The molecule has 4 fully saturated rings. The highest BCUT2D eigenvalue weighted by Crippen LogP contribution is 2.43. The van der Waals surface area contributed by atoms with Crippen molar-refractivity contribution in [2.24, 2.45) is 29.6 Å². The van der Waals surface area contributed by atoms with Crippen LogP contribution in [0.4, 0.5) is 26.3 Å². The van der Waals surface area contributed by atoms with Crippen molar-refractivity contribution in [1.82, 2.24) is 10.2 Å². The first-order valence-electron chi connectivity index (χ1n) is 14.8. The van der Waals surface area contributed by atoms with Crippen LogP contribution in [0.2, 0.25) is 0 Å². The normalized spacial score (nSPS) is 27.7. The summed E-state index contributed by atoms with van der Waals surface area (Å²) in [6.07, 6.45) is 3.84. The first kappa shape index (κ1) is 28.7. The fourth-order valence-electron chi connectivity index (χ4n) is 8.11. The minimum absolute atomic E-state index is 0.0207. The predicted molar refractivity (Wildman–Crippen MR) is 137 cm³/mol. The van der Waals surface area contributed by atoms with Gasteiger partial charge in [0.05, 0.1) is 11.1 Å². The minimum atomic E-state index is -4.85. The monoisotopic (exact) mass is 558 g/mol. The fourth-order valence-corrected chi connectivity index (χ4v) is 8.11. The number of nitrogens with one attached hydrogen (secondary N) is 1. The minimum Gasteiger partial charge on any atom is -0.353 e. The highest BCUT2D eigenvalue weighted by atomic mass is 19.4. The van der Waals surface area contributed by atoms with Gasteiger partial charge in [-0.3, -0.25) is 9.69 Å². The van der Waals surface area contributed by atoms with Gasteiger partial charge in [0.25, 0.3) is 0 Å². The quantitative estimate of drug-likeness (QED) is 0.361. The van der Waals surface area contributed by atoms with Gasteiger partial charge in [-0.1, -0.05) is 38.5 Å². The molecule has 3 aliphatic carbocycles. The van der Waals surface area contributed by atoms with Crippen LogP contribution in [0.3, 0.4) is 0 Å². The van der Waals surface area contributed by atoms with Crippen molar-refractivity contribution in [2.45, 2.75) is 102 Å². The molecule has 0 spiro atoms. The zero-order valence-corrected chi connectivity index (χ0v) is 22.4. The Kier molecular flexibility index (Phi) is 8.56. The summed E-state index contributed by atoms with van der Waals surface area (Å²) in [4.78, 5) is 15.7. The number of fused-ring (bicyclic) bond motifs is 1. The second kappa shape index (κ2) is 11.6. The number of hydrogen-bond acceptors (Lipinski definition) is 2. The number of amides is 1. The van der Waals surface area contributed by atoms with E-state index in [1.165, 1.54) is 38.5 Å². The molecule has 0 radical (unpaired) electrons. The summed E-state index contributed by atoms with van der Waals surface area (Å²) in [6, 6.07) is 1.88. The molecule has 5 rings (SSSR count). The molecule has 0 unspecified atom stereocenters. The van der Waals surface area contributed by atoms with E-state index in [1.54, 1.807) is 0 Å². The molecule has 218 valence electrons. The van der Waals surface area contributed by atoms with E-state index in [1.807, 2.05) is 4.90 Å². The zero-order valence-electron chi connectivity index (χ0n) is 22.4. The topological polar surface area (TPSA) is 32.3 Å². The molecule has 3 nitrogen and oxygen atoms in total. The van der Waals surface area contributed by atoms with E-state index in [0.29, 0.717) is 30.8 Å². The number of carbonyl (C=O) groups is 1. The van der Waals surface area contributed by atoms with E-state index in [4.69, 9.17) is 0 Å². The number of likely N-dealkylation sites (tertiary alicyclic amines) is 1. The summed E-state index contributed by atoms with van der Waals surface area (Å²) < 4.78 is 79.9. The van der Waals surface area contributed by atoms with E-state index < -0.39 is 23.5 Å². The lowest BCUT2D eigenvalue weighted by Gasteiger charge is -2.37. The lowest BCUT2D eigenvalue weighted by Crippen LogP contribution is -2.47. The van der Waals surface area contributed by atoms with E-state index in [0.717, 1.165) is 50.7 Å². The van der Waals surface area contributed by atoms with Crippen LogP contribution >= 0.6 is 0 Å². The van der Waals surface area contributed by atoms with Gasteiger partial charge in [-0.15, -0.1) is 0 Å². The van der Waals surface area contributed by atoms with E-state index in [2.05, 4.69) is 5.32 Å². The highest BCUT2D eigenvalue weighted by Gasteiger charge is 2.45. The summed E-state index contributed by atoms with van der Waals surface area (Å²) in [7, 11) is 0. The summed E-state index contributed by atoms with van der Waals surface area (Å²) in [5.74, 6) is 1.62. The summed E-state index contributed by atoms with van der Waals surface area (Å²) >= 11 is 0. The molecule has 1 aromatic rings. The molecule has 0 bridgehead atoms. The molecule has 1 N–H and O–H groups in total. The van der Waals surface area contributed by atoms with Crippen LogP contribution in [-0.4, -0.2) is 29.9 Å². The van der Waals surface area contributed by atoms with Crippen LogP contribution < -0.4 is 5.32 Å². The third-order valence-electron chi connectivity index (χ3n) is 9.93. The Labute approximate surface area is 227 Å². The van der Waals surface area contributed by atoms with Crippen molar-refractivity contribution >= 4 is 5.91 Å². The molecule has 4 aliphatic rings. The van der Waals surface area contributed by atoms with Crippen molar-refractivity contribution in [3.63, 3.8) is 0 Å². The van der Waals surface area contributed by atoms with Crippen LogP contribution in [0.15, 0.2) is 18.2 Å². The Morgan fingerprint density at radius 2 is 1.31 bits per heavy atom. The number of alkyl halides is 6. The maximum atomic E-state index is 13.8. The lowest BCUT2D eigenvalue weighted by atomic mass is 9.69. The molecular formula is C30H40F6N2O. The van der Waals surface area contributed by atoms with Crippen molar-refractivity contribution in [3.05, 3.63) is 34.9 Å². The molecule has 1 amide bonds. The van der Waals surface area contributed by atoms with Gasteiger partial charge in [-0.05, 0) is 86.0 Å². The summed E-state index contributed by atoms with van der Waals surface area (Å²) in [5.41, 5.74) is -2.52. The van der Waals surface area contributed by atoms with Crippen LogP contribution in [-0.2, 0) is 23.7 Å². The number of carbonyl (C=O) groups excluding carboxylic acids is 1. The standard InChI is InChI=1S/C30H40F6N2O/c31-29(32,33)23-13-19(14-24(15-23)30(34,35)36)16-38-17-22-11-12-26(25(22)18-38)37-28(39)27(20-7-3-1-4-8-20)21-9-5-2-6-10-21/h13-15,20-22,25-27H,1-12,16-18H2,(H,37,39)/t22-,25+,26-/m0/s1. The number of nitrogens with zero attached hydrogens (tertiary/aromatic N) is 1. The van der Waals surface area contributed by atoms with Crippen molar-refractivity contribution in [1.29, 1.82) is 0 Å². The van der Waals surface area contributed by atoms with E-state index in [9.17, 15) is 31.1 Å². The summed E-state index contributed by atoms with van der Waals surface area (Å²) in [5, 5.41) is 3.42. The average Bonchev–Trinajstić information content (AvgIpc) is 3.45. The van der Waals surface area contributed by atoms with Crippen LogP contribution in [0.1, 0.15) is 93.7 Å². The number of benzene rings is 1. The average molecular weight is 559 g/mol. The van der Waals surface area contributed by atoms with Gasteiger partial charge in [0.1, 0.15) is 0 Å². The Bertz CT molecular complexity index is 946. The Morgan fingerprint density at radius 3 is 1.82 bits per heavy atom. The van der Waals surface area contributed by atoms with E-state index in [-0.39, 0.29) is 42.0 Å². The first-order chi connectivity index (χ1) is 18.5. The molecule has 3 saturated carbocycles. The molecular weight excluding hydrogens is 518 g/mol. The smallest absolute Gasteiger partial charge is 0.353 e. The highest BCUT2D eigenvalue weighted by molar-refractivity contribution is 5.79. The predicted octanol–water partition coefficient (Wildman–Crippen LogP) is 7.83. The second-order valence-corrected chi connectivity index (χ2v) is 12.5. The SMILES string of the molecule is O=C(N[C@H]1CC[C@H]2CN(Cc3cc(C(F)(F)F)cc(C(F)(F)F)c3)C[C@H]21)C(C1CCCCC1)C1CCCCC1. The molecule has 9 heteroatoms. The molecule has 1 aliphatic heterocycles. The Hall–Kier alpha value is -1.77. The van der Waals surface area contributed by atoms with Gasteiger partial charge in [0, 0.05) is 31.6 Å². The van der Waals surface area contributed by atoms with Gasteiger partial charge < -0.3 is 5.32 Å². The maximum Gasteiger partial charge on any atom is 0.416 e. The molecule has 1 heterocycles. The second-order valence-electron chi connectivity index (χ2n) is 12.5. The van der Waals surface area contributed by atoms with E-state index >= 15 is 0 Å². The molecule has 39 heavy (non-hydrogen) atoms. The number of hydrogen-bond donors (Lipinski definition) is 1. The largest absolute Gasteiger partial charge is 0.416 e. The number of halogens is 6. The van der Waals surface area contributed by atoms with Crippen LogP contribution in [0.5, 0.6) is 0 Å². The maximum absolute atomic E-state index is 13.8. The number of rotatable bonds is 6. The molecule has 0 aromatic heterocycles. The molecule has 1 saturated heterocycles. The fraction of sp³-hybridized carbons (Fsp3) is 0.767. The molecule has 1 aromatic carbocycles. The van der Waals surface area contributed by atoms with Gasteiger partial charge in [-0.25, -0.2) is 0 Å². The third-order valence-corrected chi connectivity index (χ3v) is 9.93. The summed E-state index contributed by atoms with van der Waals surface area (Å²) in [6.45, 7) is 1.24. The zero-order chi connectivity index (χ0) is 27.8. The van der Waals surface area contributed by atoms with Gasteiger partial charge in [-0.2, -0.15) is 26.3 Å². The van der Waals surface area contributed by atoms with Crippen LogP contribution in [0, 0.1) is 29.6 Å².